The summed E-state index contributed by atoms with van der Waals surface area (Å²) in [6.07, 6.45) is 0. The Balaban J connectivity index is 1.09. The Morgan fingerprint density at radius 2 is 0.879 bits per heavy atom. The molecule has 1 aromatic heterocycles. The maximum Gasteiger partial charge on any atom is 0.0625 e. The molecule has 2 heteroatoms. The quantitative estimate of drug-likeness (QED) is 0.158. The molecule has 0 aliphatic carbocycles. The van der Waals surface area contributed by atoms with Gasteiger partial charge in [-0.2, -0.15) is 0 Å². The second kappa shape index (κ2) is 14.1. The molecular formula is C56H38N2. The highest BCUT2D eigenvalue weighted by molar-refractivity contribution is 6.24. The van der Waals surface area contributed by atoms with Crippen molar-refractivity contribution in [1.82, 2.24) is 4.57 Å². The average molecular weight is 739 g/mol. The zero-order valence-corrected chi connectivity index (χ0v) is 31.8. The fraction of sp³-hybridized carbons (Fsp3) is 0. The van der Waals surface area contributed by atoms with Crippen molar-refractivity contribution in [2.24, 2.45) is 0 Å². The summed E-state index contributed by atoms with van der Waals surface area (Å²) >= 11 is 0. The Hall–Kier alpha value is -7.68. The van der Waals surface area contributed by atoms with Gasteiger partial charge in [0.2, 0.25) is 0 Å². The van der Waals surface area contributed by atoms with E-state index in [1.165, 1.54) is 76.7 Å². The number of para-hydroxylation sites is 2. The summed E-state index contributed by atoms with van der Waals surface area (Å²) < 4.78 is 2.44. The van der Waals surface area contributed by atoms with E-state index < -0.39 is 0 Å². The third-order valence-corrected chi connectivity index (χ3v) is 11.5. The maximum atomic E-state index is 2.44. The zero-order chi connectivity index (χ0) is 38.4. The Labute approximate surface area is 338 Å². The second-order valence-corrected chi connectivity index (χ2v) is 15.0. The molecule has 0 fully saturated rings. The third-order valence-electron chi connectivity index (χ3n) is 11.5. The second-order valence-electron chi connectivity index (χ2n) is 15.0. The van der Waals surface area contributed by atoms with E-state index in [0.29, 0.717) is 0 Å². The Morgan fingerprint density at radius 1 is 0.310 bits per heavy atom. The fourth-order valence-corrected chi connectivity index (χ4v) is 8.79. The molecule has 0 unspecified atom stereocenters. The predicted molar refractivity (Wildman–Crippen MR) is 247 cm³/mol. The molecule has 11 aromatic rings. The monoisotopic (exact) mass is 738 g/mol. The van der Waals surface area contributed by atoms with Gasteiger partial charge in [-0.1, -0.05) is 164 Å². The lowest BCUT2D eigenvalue weighted by Gasteiger charge is -2.27. The SMILES string of the molecule is c1ccc(-c2cccc(-c3ccc(N(c4cccc(-c5cc6ccccc6c6c5c5ccccc5n6-c5ccccc5)c4)c4ccc5ccccc5c4)cc3)c2)cc1. The van der Waals surface area contributed by atoms with Crippen LogP contribution < -0.4 is 4.90 Å². The molecule has 0 aliphatic heterocycles. The maximum absolute atomic E-state index is 2.44. The zero-order valence-electron chi connectivity index (χ0n) is 31.8. The topological polar surface area (TPSA) is 8.17 Å². The van der Waals surface area contributed by atoms with Crippen molar-refractivity contribution in [2.45, 2.75) is 0 Å². The molecule has 0 saturated carbocycles. The van der Waals surface area contributed by atoms with E-state index in [9.17, 15) is 0 Å². The number of hydrogen-bond donors (Lipinski definition) is 0. The van der Waals surface area contributed by atoms with Gasteiger partial charge in [-0.15, -0.1) is 0 Å². The summed E-state index contributed by atoms with van der Waals surface area (Å²) in [4.78, 5) is 2.39. The van der Waals surface area contributed by atoms with Crippen LogP contribution in [0.3, 0.4) is 0 Å². The fourth-order valence-electron chi connectivity index (χ4n) is 8.79. The number of nitrogens with zero attached hydrogens (tertiary/aromatic N) is 2. The molecule has 0 atom stereocenters. The summed E-state index contributed by atoms with van der Waals surface area (Å²) in [5.41, 5.74) is 14.1. The molecule has 58 heavy (non-hydrogen) atoms. The smallest absolute Gasteiger partial charge is 0.0625 e. The molecule has 11 rings (SSSR count). The van der Waals surface area contributed by atoms with Crippen molar-refractivity contribution < 1.29 is 0 Å². The lowest BCUT2D eigenvalue weighted by atomic mass is 9.94. The summed E-state index contributed by atoms with van der Waals surface area (Å²) in [5.74, 6) is 0. The Bertz CT molecular complexity index is 3270. The first-order chi connectivity index (χ1) is 28.8. The third kappa shape index (κ3) is 5.82. The van der Waals surface area contributed by atoms with Gasteiger partial charge in [0, 0.05) is 38.9 Å². The minimum Gasteiger partial charge on any atom is -0.310 e. The lowest BCUT2D eigenvalue weighted by molar-refractivity contribution is 1.19. The molecule has 0 spiro atoms. The first-order valence-electron chi connectivity index (χ1n) is 19.9. The van der Waals surface area contributed by atoms with Crippen LogP contribution >= 0.6 is 0 Å². The highest BCUT2D eigenvalue weighted by atomic mass is 15.1. The highest BCUT2D eigenvalue weighted by Gasteiger charge is 2.21. The molecule has 0 aliphatic rings. The van der Waals surface area contributed by atoms with Gasteiger partial charge in [0.1, 0.15) is 0 Å². The van der Waals surface area contributed by atoms with E-state index in [4.69, 9.17) is 0 Å². The first kappa shape index (κ1) is 33.6. The lowest BCUT2D eigenvalue weighted by Crippen LogP contribution is -2.10. The van der Waals surface area contributed by atoms with Gasteiger partial charge < -0.3 is 9.47 Å². The van der Waals surface area contributed by atoms with Crippen molar-refractivity contribution in [3.63, 3.8) is 0 Å². The number of anilines is 3. The number of aromatic nitrogens is 1. The van der Waals surface area contributed by atoms with Crippen molar-refractivity contribution in [3.05, 3.63) is 231 Å². The normalized spacial score (nSPS) is 11.4. The number of fused-ring (bicyclic) bond motifs is 6. The Morgan fingerprint density at radius 3 is 1.67 bits per heavy atom. The van der Waals surface area contributed by atoms with Crippen LogP contribution in [0.4, 0.5) is 17.1 Å². The van der Waals surface area contributed by atoms with E-state index in [0.717, 1.165) is 22.7 Å². The largest absolute Gasteiger partial charge is 0.310 e. The summed E-state index contributed by atoms with van der Waals surface area (Å²) in [7, 11) is 0. The standard InChI is InChI=1S/C56H38N2/c1-3-15-39(16-4-1)42-20-13-21-43(35-42)41-29-32-48(33-30-41)57(50-34-31-40-17-7-8-18-44(40)36-50)49-25-14-22-45(37-49)53-38-46-19-9-10-26-51(46)56-55(53)52-27-11-12-28-54(52)58(56)47-23-5-2-6-24-47/h1-38H. The summed E-state index contributed by atoms with van der Waals surface area (Å²) in [6.45, 7) is 0. The van der Waals surface area contributed by atoms with Gasteiger partial charge in [-0.25, -0.2) is 0 Å². The van der Waals surface area contributed by atoms with Crippen LogP contribution in [0.5, 0.6) is 0 Å². The molecule has 0 amide bonds. The van der Waals surface area contributed by atoms with Gasteiger partial charge in [-0.3, -0.25) is 0 Å². The van der Waals surface area contributed by atoms with Crippen LogP contribution in [0.25, 0.3) is 82.4 Å². The molecule has 0 N–H and O–H groups in total. The van der Waals surface area contributed by atoms with Crippen LogP contribution in [-0.2, 0) is 0 Å². The van der Waals surface area contributed by atoms with Gasteiger partial charge in [-0.05, 0) is 116 Å². The van der Waals surface area contributed by atoms with E-state index >= 15 is 0 Å². The molecule has 2 nitrogen and oxygen atoms in total. The average Bonchev–Trinajstić information content (AvgIpc) is 3.65. The molecular weight excluding hydrogens is 701 g/mol. The van der Waals surface area contributed by atoms with Crippen molar-refractivity contribution in [1.29, 1.82) is 0 Å². The molecule has 10 aromatic carbocycles. The summed E-state index contributed by atoms with van der Waals surface area (Å²) in [6, 6.07) is 83.7. The minimum atomic E-state index is 1.10. The van der Waals surface area contributed by atoms with E-state index in [-0.39, 0.29) is 0 Å². The molecule has 272 valence electrons. The first-order valence-corrected chi connectivity index (χ1v) is 19.9. The van der Waals surface area contributed by atoms with Crippen molar-refractivity contribution in [3.8, 4) is 39.1 Å². The van der Waals surface area contributed by atoms with Crippen LogP contribution in [0.2, 0.25) is 0 Å². The number of hydrogen-bond acceptors (Lipinski definition) is 1. The van der Waals surface area contributed by atoms with Gasteiger partial charge >= 0.3 is 0 Å². The van der Waals surface area contributed by atoms with Gasteiger partial charge in [0.15, 0.2) is 0 Å². The Kier molecular flexibility index (Phi) is 8.19. The molecule has 0 bridgehead atoms. The predicted octanol–water partition coefficient (Wildman–Crippen LogP) is 15.6. The van der Waals surface area contributed by atoms with E-state index in [2.05, 4.69) is 240 Å². The van der Waals surface area contributed by atoms with E-state index in [1.54, 1.807) is 0 Å². The number of benzene rings is 10. The number of rotatable bonds is 7. The van der Waals surface area contributed by atoms with Crippen LogP contribution in [0, 0.1) is 0 Å². The molecule has 1 heterocycles. The molecule has 0 saturated heterocycles. The van der Waals surface area contributed by atoms with Gasteiger partial charge in [0.05, 0.1) is 11.0 Å². The van der Waals surface area contributed by atoms with Gasteiger partial charge in [0.25, 0.3) is 0 Å². The van der Waals surface area contributed by atoms with Crippen molar-refractivity contribution >= 4 is 60.4 Å². The van der Waals surface area contributed by atoms with Crippen LogP contribution in [0.15, 0.2) is 231 Å². The van der Waals surface area contributed by atoms with Crippen LogP contribution in [0.1, 0.15) is 0 Å². The van der Waals surface area contributed by atoms with E-state index in [1.807, 2.05) is 0 Å². The molecule has 0 radical (unpaired) electrons. The van der Waals surface area contributed by atoms with Crippen LogP contribution in [-0.4, -0.2) is 4.57 Å². The highest BCUT2D eigenvalue weighted by Crippen LogP contribution is 2.45. The minimum absolute atomic E-state index is 1.10. The summed E-state index contributed by atoms with van der Waals surface area (Å²) in [5, 5.41) is 7.39. The van der Waals surface area contributed by atoms with Crippen molar-refractivity contribution in [2.75, 3.05) is 4.90 Å².